The Morgan fingerprint density at radius 3 is 2.60 bits per heavy atom. The van der Waals surface area contributed by atoms with Crippen molar-refractivity contribution in [2.45, 2.75) is 58.2 Å². The van der Waals surface area contributed by atoms with Crippen molar-refractivity contribution in [3.8, 4) is 0 Å². The molecule has 1 saturated carbocycles. The molecule has 1 nitrogen and oxygen atoms in total. The van der Waals surface area contributed by atoms with E-state index in [2.05, 4.69) is 13.0 Å². The van der Waals surface area contributed by atoms with Crippen LogP contribution in [0.1, 0.15) is 51.0 Å². The molecule has 0 spiro atoms. The molecule has 0 saturated heterocycles. The minimum absolute atomic E-state index is 0. The molecule has 0 unspecified atom stereocenters. The second-order valence-corrected chi connectivity index (χ2v) is 5.37. The van der Waals surface area contributed by atoms with Gasteiger partial charge in [-0.1, -0.05) is 25.3 Å². The molecule has 1 aromatic carbocycles. The summed E-state index contributed by atoms with van der Waals surface area (Å²) >= 11 is 0. The van der Waals surface area contributed by atoms with Crippen LogP contribution in [0.4, 0.5) is 8.78 Å². The average molecular weight is 274 g/mol. The van der Waals surface area contributed by atoms with Crippen LogP contribution in [0.2, 0.25) is 0 Å². The Balaban J connectivity index is 0.00000200. The number of hydrogen-bond acceptors (Lipinski definition) is 1. The van der Waals surface area contributed by atoms with Crippen molar-refractivity contribution in [2.24, 2.45) is 5.92 Å². The first-order chi connectivity index (χ1) is 9.20. The fourth-order valence-corrected chi connectivity index (χ4v) is 2.81. The summed E-state index contributed by atoms with van der Waals surface area (Å²) in [6.45, 7) is 2.37. The van der Waals surface area contributed by atoms with Crippen LogP contribution < -0.4 is 18.9 Å². The van der Waals surface area contributed by atoms with E-state index in [1.165, 1.54) is 37.8 Å². The fraction of sp³-hybridized carbons (Fsp3) is 0.625. The zero-order valence-electron chi connectivity index (χ0n) is 12.4. The van der Waals surface area contributed by atoms with Gasteiger partial charge in [-0.25, -0.2) is 4.39 Å². The van der Waals surface area contributed by atoms with Gasteiger partial charge < -0.3 is 4.74 Å². The minimum atomic E-state index is -0.923. The Labute approximate surface area is 132 Å². The molecule has 106 valence electrons. The van der Waals surface area contributed by atoms with Crippen molar-refractivity contribution in [2.75, 3.05) is 0 Å². The van der Waals surface area contributed by atoms with Gasteiger partial charge in [0.05, 0.1) is 12.7 Å². The zero-order valence-corrected chi connectivity index (χ0v) is 12.4. The number of benzene rings is 1. The van der Waals surface area contributed by atoms with Crippen molar-refractivity contribution < 1.29 is 32.4 Å². The maximum Gasteiger partial charge on any atom is 1.00 e. The summed E-state index contributed by atoms with van der Waals surface area (Å²) in [5.41, 5.74) is 0.284. The van der Waals surface area contributed by atoms with Crippen LogP contribution in [-0.4, -0.2) is 6.10 Å². The number of rotatable bonds is 5. The predicted octanol–water partition coefficient (Wildman–Crippen LogP) is 1.64. The van der Waals surface area contributed by atoms with Gasteiger partial charge in [-0.15, -0.1) is 6.07 Å². The maximum atomic E-state index is 13.4. The molecule has 1 aromatic rings. The molecule has 1 aliphatic carbocycles. The van der Waals surface area contributed by atoms with E-state index in [0.29, 0.717) is 0 Å². The molecule has 0 N–H and O–H groups in total. The van der Waals surface area contributed by atoms with Gasteiger partial charge in [-0.05, 0) is 31.6 Å². The molecule has 0 bridgehead atoms. The summed E-state index contributed by atoms with van der Waals surface area (Å²) in [6.07, 6.45) is 7.18. The summed E-state index contributed by atoms with van der Waals surface area (Å²) < 4.78 is 32.1. The van der Waals surface area contributed by atoms with Crippen molar-refractivity contribution in [3.63, 3.8) is 0 Å². The van der Waals surface area contributed by atoms with Crippen molar-refractivity contribution in [3.05, 3.63) is 35.4 Å². The molecule has 0 aliphatic heterocycles. The third-order valence-electron chi connectivity index (χ3n) is 3.93. The van der Waals surface area contributed by atoms with Crippen LogP contribution in [-0.2, 0) is 11.3 Å². The van der Waals surface area contributed by atoms with Crippen LogP contribution in [0.3, 0.4) is 0 Å². The Kier molecular flexibility index (Phi) is 7.80. The fourth-order valence-electron chi connectivity index (χ4n) is 2.81. The van der Waals surface area contributed by atoms with Crippen molar-refractivity contribution in [1.82, 2.24) is 0 Å². The van der Waals surface area contributed by atoms with E-state index in [-0.39, 0.29) is 37.1 Å². The summed E-state index contributed by atoms with van der Waals surface area (Å²) in [5.74, 6) is -0.930. The van der Waals surface area contributed by atoms with E-state index < -0.39 is 11.6 Å². The van der Waals surface area contributed by atoms with Gasteiger partial charge in [0.25, 0.3) is 0 Å². The Bertz CT molecular complexity index is 403. The Morgan fingerprint density at radius 2 is 1.95 bits per heavy atom. The molecule has 1 fully saturated rings. The molecule has 20 heavy (non-hydrogen) atoms. The quantitative estimate of drug-likeness (QED) is 0.586. The molecule has 4 heteroatoms. The second kappa shape index (κ2) is 8.82. The number of hydrogen-bond donors (Lipinski definition) is 0. The number of halogens is 2. The van der Waals surface area contributed by atoms with Gasteiger partial charge >= 0.3 is 18.9 Å². The monoisotopic (exact) mass is 274 g/mol. The minimum Gasteiger partial charge on any atom is -0.376 e. The van der Waals surface area contributed by atoms with E-state index in [1.54, 1.807) is 0 Å². The molecule has 0 aromatic heterocycles. The van der Waals surface area contributed by atoms with Crippen molar-refractivity contribution >= 4 is 0 Å². The molecular formula is C16H21F2LiO. The third-order valence-corrected chi connectivity index (χ3v) is 3.93. The van der Waals surface area contributed by atoms with Crippen molar-refractivity contribution in [1.29, 1.82) is 0 Å². The topological polar surface area (TPSA) is 9.23 Å². The van der Waals surface area contributed by atoms with E-state index in [4.69, 9.17) is 4.74 Å². The zero-order chi connectivity index (χ0) is 13.7. The summed E-state index contributed by atoms with van der Waals surface area (Å²) in [7, 11) is 0. The first-order valence-corrected chi connectivity index (χ1v) is 7.16. The van der Waals surface area contributed by atoms with Crippen LogP contribution in [0.15, 0.2) is 12.1 Å². The van der Waals surface area contributed by atoms with E-state index in [0.717, 1.165) is 18.8 Å². The van der Waals surface area contributed by atoms with E-state index >= 15 is 0 Å². The van der Waals surface area contributed by atoms with E-state index in [1.807, 2.05) is 0 Å². The van der Waals surface area contributed by atoms with Crippen LogP contribution in [0.5, 0.6) is 0 Å². The van der Waals surface area contributed by atoms with Gasteiger partial charge in [0.15, 0.2) is 0 Å². The Hall–Kier alpha value is -0.363. The first kappa shape index (κ1) is 17.7. The SMILES string of the molecule is CCCC1CCC(OCc2cc[c-]c(F)c2F)CC1.[Li+]. The molecular weight excluding hydrogens is 253 g/mol. The molecule has 0 atom stereocenters. The van der Waals surface area contributed by atoms with Gasteiger partial charge in [-0.3, -0.25) is 4.39 Å². The van der Waals surface area contributed by atoms with Gasteiger partial charge in [0.1, 0.15) is 0 Å². The average Bonchev–Trinajstić information content (AvgIpc) is 2.42. The summed E-state index contributed by atoms with van der Waals surface area (Å²) in [6, 6.07) is 5.13. The largest absolute Gasteiger partial charge is 1.00 e. The molecule has 1 aliphatic rings. The predicted molar refractivity (Wildman–Crippen MR) is 70.6 cm³/mol. The Morgan fingerprint density at radius 1 is 1.25 bits per heavy atom. The number of ether oxygens (including phenoxy) is 1. The first-order valence-electron chi connectivity index (χ1n) is 7.16. The molecule has 0 radical (unpaired) electrons. The summed E-state index contributed by atoms with van der Waals surface area (Å²) in [4.78, 5) is 0. The summed E-state index contributed by atoms with van der Waals surface area (Å²) in [5, 5.41) is 0. The maximum absolute atomic E-state index is 13.4. The van der Waals surface area contributed by atoms with Crippen LogP contribution in [0, 0.1) is 23.6 Å². The standard InChI is InChI=1S/C16H21F2O.Li/c1-2-4-12-7-9-14(10-8-12)19-11-13-5-3-6-15(17)16(13)18;/h3,5,12,14H,2,4,7-11H2,1H3;/q-1;+1. The molecule has 0 amide bonds. The smallest absolute Gasteiger partial charge is 0.376 e. The van der Waals surface area contributed by atoms with Gasteiger partial charge in [0.2, 0.25) is 0 Å². The van der Waals surface area contributed by atoms with Crippen LogP contribution in [0.25, 0.3) is 0 Å². The molecule has 2 rings (SSSR count). The van der Waals surface area contributed by atoms with Gasteiger partial charge in [-0.2, -0.15) is 12.1 Å². The molecule has 0 heterocycles. The van der Waals surface area contributed by atoms with Gasteiger partial charge in [0, 0.05) is 11.6 Å². The third kappa shape index (κ3) is 4.88. The second-order valence-electron chi connectivity index (χ2n) is 5.37. The van der Waals surface area contributed by atoms with Crippen LogP contribution >= 0.6 is 0 Å². The normalized spacial score (nSPS) is 22.4. The van der Waals surface area contributed by atoms with E-state index in [9.17, 15) is 8.78 Å².